The summed E-state index contributed by atoms with van der Waals surface area (Å²) in [6.45, 7) is -0.536. The largest absolute Gasteiger partial charge is 0.394 e. The van der Waals surface area contributed by atoms with E-state index < -0.39 is 36.9 Å². The summed E-state index contributed by atoms with van der Waals surface area (Å²) in [6.07, 6.45) is 2.87. The Hall–Kier alpha value is -2.44. The third-order valence-electron chi connectivity index (χ3n) is 6.24. The van der Waals surface area contributed by atoms with Gasteiger partial charge in [0.1, 0.15) is 58.4 Å². The first kappa shape index (κ1) is 23.9. The molecule has 36 heavy (non-hydrogen) atoms. The van der Waals surface area contributed by atoms with Gasteiger partial charge in [-0.3, -0.25) is 9.13 Å². The van der Waals surface area contributed by atoms with Crippen molar-refractivity contribution in [1.82, 2.24) is 39.0 Å². The minimum absolute atomic E-state index is 0.268. The molecule has 0 radical (unpaired) electrons. The molecule has 0 aliphatic carbocycles. The summed E-state index contributed by atoms with van der Waals surface area (Å²) in [7, 11) is 2.68. The van der Waals surface area contributed by atoms with Crippen molar-refractivity contribution in [3.63, 3.8) is 0 Å². The highest BCUT2D eigenvalue weighted by Gasteiger charge is 2.36. The lowest BCUT2D eigenvalue weighted by Crippen LogP contribution is -2.24. The van der Waals surface area contributed by atoms with E-state index in [1.165, 1.54) is 34.2 Å². The SMILES string of the molecule is OC[C@H]1O[C@@H](n2cnc3c(SSc4ncnc5c4ncn5[C@H]4C[C@H](O)[C@@H](CO)O4)ncnc32)C[C@@H]1O. The summed E-state index contributed by atoms with van der Waals surface area (Å²) < 4.78 is 14.9. The highest BCUT2D eigenvalue weighted by Crippen LogP contribution is 2.41. The molecule has 2 aliphatic heterocycles. The van der Waals surface area contributed by atoms with Crippen LogP contribution in [0.3, 0.4) is 0 Å². The minimum Gasteiger partial charge on any atom is -0.394 e. The summed E-state index contributed by atoms with van der Waals surface area (Å²) >= 11 is 0. The van der Waals surface area contributed by atoms with E-state index in [0.717, 1.165) is 0 Å². The molecule has 16 heteroatoms. The Bertz CT molecular complexity index is 1280. The van der Waals surface area contributed by atoms with Crippen molar-refractivity contribution >= 4 is 43.9 Å². The predicted molar refractivity (Wildman–Crippen MR) is 126 cm³/mol. The Morgan fingerprint density at radius 1 is 0.722 bits per heavy atom. The summed E-state index contributed by atoms with van der Waals surface area (Å²) in [5, 5.41) is 40.1. The van der Waals surface area contributed by atoms with Gasteiger partial charge >= 0.3 is 0 Å². The van der Waals surface area contributed by atoms with Gasteiger partial charge in [0.05, 0.1) is 38.1 Å². The number of hydrogen-bond acceptors (Lipinski definition) is 14. The molecule has 6 rings (SSSR count). The molecule has 2 fully saturated rings. The average molecular weight is 535 g/mol. The van der Waals surface area contributed by atoms with Gasteiger partial charge in [0.15, 0.2) is 11.3 Å². The van der Waals surface area contributed by atoms with Crippen LogP contribution in [0.1, 0.15) is 25.3 Å². The maximum Gasteiger partial charge on any atom is 0.166 e. The van der Waals surface area contributed by atoms with Gasteiger partial charge in [-0.25, -0.2) is 29.9 Å². The highest BCUT2D eigenvalue weighted by atomic mass is 33.1. The first-order chi connectivity index (χ1) is 17.6. The smallest absolute Gasteiger partial charge is 0.166 e. The number of ether oxygens (including phenoxy) is 2. The number of aliphatic hydroxyl groups excluding tert-OH is 4. The van der Waals surface area contributed by atoms with Crippen molar-refractivity contribution < 1.29 is 29.9 Å². The van der Waals surface area contributed by atoms with E-state index in [-0.39, 0.29) is 13.2 Å². The Kier molecular flexibility index (Phi) is 6.51. The first-order valence-corrected chi connectivity index (χ1v) is 13.3. The molecule has 0 saturated carbocycles. The van der Waals surface area contributed by atoms with E-state index in [9.17, 15) is 20.4 Å². The molecule has 190 valence electrons. The van der Waals surface area contributed by atoms with Crippen molar-refractivity contribution in [3.05, 3.63) is 25.3 Å². The lowest BCUT2D eigenvalue weighted by atomic mass is 10.2. The molecule has 0 bridgehead atoms. The number of imidazole rings is 2. The normalized spacial score (nSPS) is 28.6. The number of fused-ring (bicyclic) bond motifs is 2. The molecule has 0 unspecified atom stereocenters. The van der Waals surface area contributed by atoms with Gasteiger partial charge in [0.2, 0.25) is 0 Å². The second-order valence-corrected chi connectivity index (χ2v) is 10.5. The molecule has 4 aromatic heterocycles. The molecule has 0 aromatic carbocycles. The van der Waals surface area contributed by atoms with Crippen molar-refractivity contribution in [3.8, 4) is 0 Å². The van der Waals surface area contributed by atoms with E-state index in [4.69, 9.17) is 9.47 Å². The van der Waals surface area contributed by atoms with Crippen LogP contribution < -0.4 is 0 Å². The fraction of sp³-hybridized carbons (Fsp3) is 0.500. The zero-order valence-electron chi connectivity index (χ0n) is 18.6. The minimum atomic E-state index is -0.768. The van der Waals surface area contributed by atoms with Gasteiger partial charge in [-0.05, 0) is 21.6 Å². The van der Waals surface area contributed by atoms with Crippen molar-refractivity contribution in [1.29, 1.82) is 0 Å². The van der Waals surface area contributed by atoms with Crippen molar-refractivity contribution in [2.45, 2.75) is 59.8 Å². The summed E-state index contributed by atoms with van der Waals surface area (Å²) in [5.74, 6) is 0. The summed E-state index contributed by atoms with van der Waals surface area (Å²) in [4.78, 5) is 26.3. The van der Waals surface area contributed by atoms with E-state index >= 15 is 0 Å². The van der Waals surface area contributed by atoms with Gasteiger partial charge in [-0.1, -0.05) is 0 Å². The number of aliphatic hydroxyl groups is 4. The number of aromatic nitrogens is 8. The van der Waals surface area contributed by atoms with Gasteiger partial charge < -0.3 is 29.9 Å². The number of nitrogens with zero attached hydrogens (tertiary/aromatic N) is 8. The second kappa shape index (κ2) is 9.79. The van der Waals surface area contributed by atoms with Crippen LogP contribution in [0.4, 0.5) is 0 Å². The third-order valence-corrected chi connectivity index (χ3v) is 8.43. The monoisotopic (exact) mass is 534 g/mol. The highest BCUT2D eigenvalue weighted by molar-refractivity contribution is 8.76. The molecule has 0 amide bonds. The second-order valence-electron chi connectivity index (χ2n) is 8.40. The number of rotatable bonds is 7. The van der Waals surface area contributed by atoms with E-state index in [0.29, 0.717) is 45.2 Å². The molecule has 6 atom stereocenters. The molecular formula is C20H22N8O6S2. The van der Waals surface area contributed by atoms with Gasteiger partial charge in [-0.15, -0.1) is 0 Å². The summed E-state index contributed by atoms with van der Waals surface area (Å²) in [5.41, 5.74) is 2.24. The average Bonchev–Trinajstić information content (AvgIpc) is 3.66. The van der Waals surface area contributed by atoms with E-state index in [2.05, 4.69) is 29.9 Å². The van der Waals surface area contributed by atoms with Gasteiger partial charge in [0.25, 0.3) is 0 Å². The Labute approximate surface area is 211 Å². The standard InChI is InChI=1S/C20H22N8O6S2/c29-3-11-9(31)1-13(33-11)27-7-25-15-17(27)21-5-23-19(15)35-36-20-16-18(22-6-24-20)28(8-26-16)14-2-10(32)12(4-30)34-14/h5-14,29-32H,1-4H2/t9-,10-,11+,12+,13+,14+/m0/s1. The lowest BCUT2D eigenvalue weighted by Gasteiger charge is -2.13. The predicted octanol–water partition coefficient (Wildman–Crippen LogP) is 0.0468. The zero-order valence-corrected chi connectivity index (χ0v) is 20.2. The first-order valence-electron chi connectivity index (χ1n) is 11.2. The van der Waals surface area contributed by atoms with Crippen molar-refractivity contribution in [2.24, 2.45) is 0 Å². The Morgan fingerprint density at radius 2 is 1.17 bits per heavy atom. The van der Waals surface area contributed by atoms with Crippen molar-refractivity contribution in [2.75, 3.05) is 13.2 Å². The lowest BCUT2D eigenvalue weighted by molar-refractivity contribution is -0.0432. The van der Waals surface area contributed by atoms with Crippen LogP contribution in [0.5, 0.6) is 0 Å². The maximum absolute atomic E-state index is 10.1. The van der Waals surface area contributed by atoms with Crippen LogP contribution in [0, 0.1) is 0 Å². The molecule has 4 aromatic rings. The van der Waals surface area contributed by atoms with Crippen LogP contribution >= 0.6 is 21.6 Å². The Balaban J connectivity index is 1.23. The zero-order chi connectivity index (χ0) is 24.8. The van der Waals surface area contributed by atoms with Crippen LogP contribution in [0.25, 0.3) is 22.3 Å². The molecule has 0 spiro atoms. The van der Waals surface area contributed by atoms with Crippen LogP contribution in [0.15, 0.2) is 35.4 Å². The van der Waals surface area contributed by atoms with Crippen LogP contribution in [0.2, 0.25) is 0 Å². The quantitative estimate of drug-likeness (QED) is 0.184. The molecule has 2 saturated heterocycles. The van der Waals surface area contributed by atoms with Gasteiger partial charge in [-0.2, -0.15) is 0 Å². The van der Waals surface area contributed by atoms with E-state index in [1.807, 2.05) is 0 Å². The molecule has 2 aliphatic rings. The fourth-order valence-corrected chi connectivity index (χ4v) is 6.37. The summed E-state index contributed by atoms with van der Waals surface area (Å²) in [6, 6.07) is 0. The van der Waals surface area contributed by atoms with E-state index in [1.54, 1.807) is 21.8 Å². The molecule has 6 heterocycles. The van der Waals surface area contributed by atoms with Gasteiger partial charge in [0, 0.05) is 12.8 Å². The third kappa shape index (κ3) is 4.12. The molecule has 14 nitrogen and oxygen atoms in total. The maximum atomic E-state index is 10.1. The van der Waals surface area contributed by atoms with Crippen LogP contribution in [-0.4, -0.2) is 97.1 Å². The van der Waals surface area contributed by atoms with Crippen LogP contribution in [-0.2, 0) is 9.47 Å². The number of hydrogen-bond donors (Lipinski definition) is 4. The topological polar surface area (TPSA) is 187 Å². The Morgan fingerprint density at radius 3 is 1.56 bits per heavy atom. The molecule has 4 N–H and O–H groups in total. The molecular weight excluding hydrogens is 512 g/mol. The fourth-order valence-electron chi connectivity index (χ4n) is 4.38.